The highest BCUT2D eigenvalue weighted by Gasteiger charge is 2.22. The quantitative estimate of drug-likeness (QED) is 0.620. The Bertz CT molecular complexity index is 135. The highest BCUT2D eigenvalue weighted by Crippen LogP contribution is 2.23. The molecule has 0 bridgehead atoms. The third-order valence-corrected chi connectivity index (χ3v) is 3.26. The second-order valence-electron chi connectivity index (χ2n) is 4.33. The SMILES string of the molecule is C1CCCC(N2CCCO2)CCC1. The lowest BCUT2D eigenvalue weighted by Gasteiger charge is -2.27. The van der Waals surface area contributed by atoms with Crippen molar-refractivity contribution in [2.75, 3.05) is 13.2 Å². The standard InChI is InChI=1S/C11H21NO/c1-2-4-7-11(8-5-3-1)12-9-6-10-13-12/h11H,1-10H2. The molecule has 1 saturated heterocycles. The van der Waals surface area contributed by atoms with E-state index in [9.17, 15) is 0 Å². The van der Waals surface area contributed by atoms with E-state index in [1.807, 2.05) is 0 Å². The average molecular weight is 183 g/mol. The second-order valence-corrected chi connectivity index (χ2v) is 4.33. The molecule has 1 aliphatic carbocycles. The third-order valence-electron chi connectivity index (χ3n) is 3.26. The molecule has 1 aliphatic heterocycles. The van der Waals surface area contributed by atoms with E-state index in [1.54, 1.807) is 0 Å². The predicted molar refractivity (Wildman–Crippen MR) is 53.4 cm³/mol. The van der Waals surface area contributed by atoms with Gasteiger partial charge in [0.05, 0.1) is 6.61 Å². The minimum atomic E-state index is 0.739. The monoisotopic (exact) mass is 183 g/mol. The van der Waals surface area contributed by atoms with E-state index >= 15 is 0 Å². The molecule has 2 heteroatoms. The van der Waals surface area contributed by atoms with Gasteiger partial charge in [-0.15, -0.1) is 0 Å². The molecule has 1 saturated carbocycles. The summed E-state index contributed by atoms with van der Waals surface area (Å²) < 4.78 is 0. The molecule has 0 unspecified atom stereocenters. The van der Waals surface area contributed by atoms with Gasteiger partial charge in [0.1, 0.15) is 0 Å². The summed E-state index contributed by atoms with van der Waals surface area (Å²) >= 11 is 0. The zero-order valence-corrected chi connectivity index (χ0v) is 8.50. The Hall–Kier alpha value is -0.0800. The smallest absolute Gasteiger partial charge is 0.0698 e. The molecule has 0 aromatic heterocycles. The zero-order chi connectivity index (χ0) is 8.93. The van der Waals surface area contributed by atoms with Gasteiger partial charge in [-0.3, -0.25) is 4.84 Å². The van der Waals surface area contributed by atoms with Crippen LogP contribution in [0.15, 0.2) is 0 Å². The van der Waals surface area contributed by atoms with E-state index in [2.05, 4.69) is 5.06 Å². The van der Waals surface area contributed by atoms with Gasteiger partial charge in [-0.1, -0.05) is 32.1 Å². The fourth-order valence-corrected chi connectivity index (χ4v) is 2.48. The lowest BCUT2D eigenvalue weighted by Crippen LogP contribution is -2.32. The number of hydroxylamine groups is 2. The van der Waals surface area contributed by atoms with Crippen LogP contribution >= 0.6 is 0 Å². The van der Waals surface area contributed by atoms with E-state index in [-0.39, 0.29) is 0 Å². The van der Waals surface area contributed by atoms with Crippen molar-refractivity contribution in [2.24, 2.45) is 0 Å². The van der Waals surface area contributed by atoms with Gasteiger partial charge in [-0.2, -0.15) is 5.06 Å². The summed E-state index contributed by atoms with van der Waals surface area (Å²) in [5.41, 5.74) is 0. The highest BCUT2D eigenvalue weighted by atomic mass is 16.7. The molecule has 76 valence electrons. The van der Waals surface area contributed by atoms with Crippen LogP contribution in [0.5, 0.6) is 0 Å². The van der Waals surface area contributed by atoms with Crippen molar-refractivity contribution in [3.8, 4) is 0 Å². The summed E-state index contributed by atoms with van der Waals surface area (Å²) in [6.07, 6.45) is 11.1. The Kier molecular flexibility index (Phi) is 3.62. The minimum Gasteiger partial charge on any atom is -0.299 e. The van der Waals surface area contributed by atoms with Crippen molar-refractivity contribution < 1.29 is 4.84 Å². The largest absolute Gasteiger partial charge is 0.299 e. The Morgan fingerprint density at radius 3 is 2.15 bits per heavy atom. The highest BCUT2D eigenvalue weighted by molar-refractivity contribution is 4.71. The van der Waals surface area contributed by atoms with E-state index in [0.29, 0.717) is 0 Å². The molecule has 0 amide bonds. The summed E-state index contributed by atoms with van der Waals surface area (Å²) in [6, 6.07) is 0.739. The molecule has 0 spiro atoms. The molecule has 2 fully saturated rings. The van der Waals surface area contributed by atoms with Crippen LogP contribution in [0.1, 0.15) is 51.4 Å². The van der Waals surface area contributed by atoms with E-state index in [4.69, 9.17) is 4.84 Å². The molecule has 2 rings (SSSR count). The summed E-state index contributed by atoms with van der Waals surface area (Å²) in [5.74, 6) is 0. The van der Waals surface area contributed by atoms with Crippen LogP contribution in [-0.4, -0.2) is 24.3 Å². The summed E-state index contributed by atoms with van der Waals surface area (Å²) in [6.45, 7) is 2.13. The van der Waals surface area contributed by atoms with Gasteiger partial charge < -0.3 is 0 Å². The normalized spacial score (nSPS) is 28.6. The van der Waals surface area contributed by atoms with Crippen LogP contribution in [-0.2, 0) is 4.84 Å². The van der Waals surface area contributed by atoms with Crippen LogP contribution in [0.2, 0.25) is 0 Å². The second kappa shape index (κ2) is 4.97. The molecule has 0 atom stereocenters. The third kappa shape index (κ3) is 2.68. The Morgan fingerprint density at radius 1 is 0.846 bits per heavy atom. The molecule has 2 nitrogen and oxygen atoms in total. The van der Waals surface area contributed by atoms with Crippen molar-refractivity contribution in [3.05, 3.63) is 0 Å². The van der Waals surface area contributed by atoms with Gasteiger partial charge in [0.15, 0.2) is 0 Å². The van der Waals surface area contributed by atoms with Crippen molar-refractivity contribution in [2.45, 2.75) is 57.4 Å². The van der Waals surface area contributed by atoms with Gasteiger partial charge in [0.25, 0.3) is 0 Å². The van der Waals surface area contributed by atoms with Crippen molar-refractivity contribution in [1.82, 2.24) is 5.06 Å². The van der Waals surface area contributed by atoms with Gasteiger partial charge in [0.2, 0.25) is 0 Å². The lowest BCUT2D eigenvalue weighted by atomic mass is 9.96. The Labute approximate surface area is 81.2 Å². The average Bonchev–Trinajstić information content (AvgIpc) is 2.55. The van der Waals surface area contributed by atoms with Crippen molar-refractivity contribution >= 4 is 0 Å². The molecule has 1 heterocycles. The first-order chi connectivity index (χ1) is 6.47. The first-order valence-electron chi connectivity index (χ1n) is 5.86. The zero-order valence-electron chi connectivity index (χ0n) is 8.50. The van der Waals surface area contributed by atoms with Crippen molar-refractivity contribution in [3.63, 3.8) is 0 Å². The number of nitrogens with zero attached hydrogens (tertiary/aromatic N) is 1. The molecule has 13 heavy (non-hydrogen) atoms. The van der Waals surface area contributed by atoms with Crippen LogP contribution in [0.3, 0.4) is 0 Å². The minimum absolute atomic E-state index is 0.739. The van der Waals surface area contributed by atoms with Gasteiger partial charge in [0, 0.05) is 12.6 Å². The van der Waals surface area contributed by atoms with Gasteiger partial charge in [-0.25, -0.2) is 0 Å². The Balaban J connectivity index is 1.80. The number of hydrogen-bond donors (Lipinski definition) is 0. The number of hydrogen-bond acceptors (Lipinski definition) is 2. The van der Waals surface area contributed by atoms with E-state index in [1.165, 1.54) is 57.9 Å². The van der Waals surface area contributed by atoms with Crippen LogP contribution in [0.4, 0.5) is 0 Å². The first kappa shape index (κ1) is 9.47. The molecule has 0 aromatic carbocycles. The van der Waals surface area contributed by atoms with Crippen LogP contribution in [0.25, 0.3) is 0 Å². The van der Waals surface area contributed by atoms with Crippen LogP contribution < -0.4 is 0 Å². The molecule has 2 aliphatic rings. The Morgan fingerprint density at radius 2 is 1.54 bits per heavy atom. The summed E-state index contributed by atoms with van der Waals surface area (Å²) in [5, 5.41) is 2.26. The summed E-state index contributed by atoms with van der Waals surface area (Å²) in [7, 11) is 0. The van der Waals surface area contributed by atoms with Gasteiger partial charge in [-0.05, 0) is 19.3 Å². The molecule has 0 N–H and O–H groups in total. The maximum atomic E-state index is 5.62. The summed E-state index contributed by atoms with van der Waals surface area (Å²) in [4.78, 5) is 5.62. The maximum Gasteiger partial charge on any atom is 0.0698 e. The maximum absolute atomic E-state index is 5.62. The van der Waals surface area contributed by atoms with E-state index < -0.39 is 0 Å². The molecular formula is C11H21NO. The predicted octanol–water partition coefficient (Wildman–Crippen LogP) is 2.74. The lowest BCUT2D eigenvalue weighted by molar-refractivity contribution is -0.145. The van der Waals surface area contributed by atoms with Crippen molar-refractivity contribution in [1.29, 1.82) is 0 Å². The van der Waals surface area contributed by atoms with Crippen LogP contribution in [0, 0.1) is 0 Å². The number of rotatable bonds is 1. The van der Waals surface area contributed by atoms with E-state index in [0.717, 1.165) is 12.6 Å². The fourth-order valence-electron chi connectivity index (χ4n) is 2.48. The van der Waals surface area contributed by atoms with Gasteiger partial charge >= 0.3 is 0 Å². The topological polar surface area (TPSA) is 12.5 Å². The molecule has 0 aromatic rings. The molecular weight excluding hydrogens is 162 g/mol. The molecule has 0 radical (unpaired) electrons. The first-order valence-corrected chi connectivity index (χ1v) is 5.86. The fraction of sp³-hybridized carbons (Fsp3) is 1.00.